The topological polar surface area (TPSA) is 45.7 Å². The van der Waals surface area contributed by atoms with Crippen LogP contribution in [0, 0.1) is 5.82 Å². The third kappa shape index (κ3) is 5.70. The van der Waals surface area contributed by atoms with Gasteiger partial charge in [0.1, 0.15) is 11.3 Å². The van der Waals surface area contributed by atoms with Crippen LogP contribution >= 0.6 is 23.7 Å². The number of amides is 1. The number of rotatable bonds is 7. The molecule has 0 saturated carbocycles. The van der Waals surface area contributed by atoms with Gasteiger partial charge in [-0.3, -0.25) is 14.6 Å². The lowest BCUT2D eigenvalue weighted by Gasteiger charge is -2.31. The van der Waals surface area contributed by atoms with Gasteiger partial charge in [-0.25, -0.2) is 9.37 Å². The van der Waals surface area contributed by atoms with Gasteiger partial charge in [0.25, 0.3) is 0 Å². The van der Waals surface area contributed by atoms with Crippen LogP contribution in [0.1, 0.15) is 17.0 Å². The molecule has 2 heterocycles. The second kappa shape index (κ2) is 11.7. The monoisotopic (exact) mass is 511 g/mol. The van der Waals surface area contributed by atoms with Crippen molar-refractivity contribution in [2.75, 3.05) is 44.3 Å². The Hall–Kier alpha value is -2.84. The van der Waals surface area contributed by atoms with Crippen molar-refractivity contribution in [3.63, 3.8) is 0 Å². The standard InChI is InChI=1S/C27H26FN3O2S.ClH/c28-22-12-7-13-23-25(22)29-27(34-23)31(15-14-30-16-18-33-19-17-30)26(32)24(20-8-3-1-4-9-20)21-10-5-2-6-11-21;/h1-13,24H,14-19H2;1H. The van der Waals surface area contributed by atoms with Crippen molar-refractivity contribution < 1.29 is 13.9 Å². The number of carbonyl (C=O) groups is 1. The predicted molar refractivity (Wildman–Crippen MR) is 141 cm³/mol. The highest BCUT2D eigenvalue weighted by Gasteiger charge is 2.31. The molecule has 1 aliphatic heterocycles. The first-order valence-corrected chi connectivity index (χ1v) is 12.3. The number of morpholine rings is 1. The first-order valence-electron chi connectivity index (χ1n) is 11.5. The summed E-state index contributed by atoms with van der Waals surface area (Å²) < 4.78 is 20.7. The van der Waals surface area contributed by atoms with Crippen molar-refractivity contribution in [1.82, 2.24) is 9.88 Å². The summed E-state index contributed by atoms with van der Waals surface area (Å²) >= 11 is 1.35. The number of halogens is 2. The van der Waals surface area contributed by atoms with E-state index >= 15 is 0 Å². The number of aromatic nitrogens is 1. The third-order valence-corrected chi connectivity index (χ3v) is 7.16. The van der Waals surface area contributed by atoms with Gasteiger partial charge in [-0.2, -0.15) is 0 Å². The van der Waals surface area contributed by atoms with Gasteiger partial charge in [-0.05, 0) is 23.3 Å². The van der Waals surface area contributed by atoms with E-state index in [1.807, 2.05) is 66.7 Å². The van der Waals surface area contributed by atoms with Crippen LogP contribution in [-0.4, -0.2) is 55.2 Å². The van der Waals surface area contributed by atoms with Gasteiger partial charge in [0.15, 0.2) is 5.13 Å². The maximum Gasteiger partial charge on any atom is 0.240 e. The Morgan fingerprint density at radius 3 is 2.20 bits per heavy atom. The highest BCUT2D eigenvalue weighted by Crippen LogP contribution is 2.34. The van der Waals surface area contributed by atoms with Crippen molar-refractivity contribution >= 4 is 45.0 Å². The minimum atomic E-state index is -0.482. The van der Waals surface area contributed by atoms with Gasteiger partial charge in [0, 0.05) is 26.2 Å². The predicted octanol–water partition coefficient (Wildman–Crippen LogP) is 5.35. The highest BCUT2D eigenvalue weighted by molar-refractivity contribution is 7.22. The van der Waals surface area contributed by atoms with E-state index in [0.717, 1.165) is 28.9 Å². The molecule has 0 unspecified atom stereocenters. The fourth-order valence-electron chi connectivity index (χ4n) is 4.31. The number of hydrogen-bond acceptors (Lipinski definition) is 5. The average Bonchev–Trinajstić information content (AvgIpc) is 3.32. The molecule has 1 saturated heterocycles. The second-order valence-electron chi connectivity index (χ2n) is 8.28. The van der Waals surface area contributed by atoms with Crippen molar-refractivity contribution in [2.45, 2.75) is 5.92 Å². The van der Waals surface area contributed by atoms with E-state index in [0.29, 0.717) is 37.0 Å². The summed E-state index contributed by atoms with van der Waals surface area (Å²) in [5.74, 6) is -0.919. The zero-order valence-corrected chi connectivity index (χ0v) is 20.8. The molecular weight excluding hydrogens is 485 g/mol. The average molecular weight is 512 g/mol. The Kier molecular flexibility index (Phi) is 8.46. The highest BCUT2D eigenvalue weighted by atomic mass is 35.5. The molecule has 1 amide bonds. The maximum absolute atomic E-state index is 14.4. The molecule has 35 heavy (non-hydrogen) atoms. The zero-order valence-electron chi connectivity index (χ0n) is 19.2. The molecule has 0 spiro atoms. The van der Waals surface area contributed by atoms with E-state index in [9.17, 15) is 9.18 Å². The Labute approximate surface area is 214 Å². The smallest absolute Gasteiger partial charge is 0.240 e. The molecule has 8 heteroatoms. The minimum Gasteiger partial charge on any atom is -0.379 e. The molecule has 182 valence electrons. The van der Waals surface area contributed by atoms with Gasteiger partial charge in [0.2, 0.25) is 5.91 Å². The Morgan fingerprint density at radius 1 is 0.971 bits per heavy atom. The number of ether oxygens (including phenoxy) is 1. The van der Waals surface area contributed by atoms with Crippen LogP contribution in [0.25, 0.3) is 10.2 Å². The van der Waals surface area contributed by atoms with E-state index in [1.54, 1.807) is 11.0 Å². The molecule has 1 aliphatic rings. The van der Waals surface area contributed by atoms with Crippen LogP contribution in [-0.2, 0) is 9.53 Å². The number of benzene rings is 3. The number of carbonyl (C=O) groups excluding carboxylic acids is 1. The molecule has 5 rings (SSSR count). The summed E-state index contributed by atoms with van der Waals surface area (Å²) in [5.41, 5.74) is 2.15. The van der Waals surface area contributed by atoms with Crippen LogP contribution in [0.3, 0.4) is 0 Å². The van der Waals surface area contributed by atoms with Crippen LogP contribution < -0.4 is 4.90 Å². The zero-order chi connectivity index (χ0) is 23.3. The van der Waals surface area contributed by atoms with Gasteiger partial charge in [-0.1, -0.05) is 78.1 Å². The number of hydrogen-bond donors (Lipinski definition) is 0. The molecule has 1 fully saturated rings. The second-order valence-corrected chi connectivity index (χ2v) is 9.29. The molecule has 0 N–H and O–H groups in total. The number of para-hydroxylation sites is 1. The summed E-state index contributed by atoms with van der Waals surface area (Å²) in [6.45, 7) is 4.21. The molecule has 0 bridgehead atoms. The Bertz CT molecular complexity index is 1210. The molecule has 1 aromatic heterocycles. The van der Waals surface area contributed by atoms with E-state index in [1.165, 1.54) is 17.4 Å². The number of thiazole rings is 1. The van der Waals surface area contributed by atoms with E-state index in [2.05, 4.69) is 9.88 Å². The largest absolute Gasteiger partial charge is 0.379 e. The fraction of sp³-hybridized carbons (Fsp3) is 0.259. The van der Waals surface area contributed by atoms with Crippen LogP contribution in [0.2, 0.25) is 0 Å². The Balaban J connectivity index is 0.00000289. The number of fused-ring (bicyclic) bond motifs is 1. The number of anilines is 1. The van der Waals surface area contributed by atoms with Crippen molar-refractivity contribution in [1.29, 1.82) is 0 Å². The van der Waals surface area contributed by atoms with Gasteiger partial charge >= 0.3 is 0 Å². The summed E-state index contributed by atoms with van der Waals surface area (Å²) in [5, 5.41) is 0.523. The molecular formula is C27H27ClFN3O2S. The molecule has 0 radical (unpaired) electrons. The quantitative estimate of drug-likeness (QED) is 0.335. The summed E-state index contributed by atoms with van der Waals surface area (Å²) in [6, 6.07) is 24.5. The van der Waals surface area contributed by atoms with Crippen LogP contribution in [0.4, 0.5) is 9.52 Å². The summed E-state index contributed by atoms with van der Waals surface area (Å²) in [4.78, 5) is 22.8. The lowest BCUT2D eigenvalue weighted by Crippen LogP contribution is -2.44. The maximum atomic E-state index is 14.4. The summed E-state index contributed by atoms with van der Waals surface area (Å²) in [7, 11) is 0. The normalized spacial score (nSPS) is 14.1. The van der Waals surface area contributed by atoms with Crippen LogP contribution in [0.5, 0.6) is 0 Å². The molecule has 0 aliphatic carbocycles. The molecule has 5 nitrogen and oxygen atoms in total. The first-order chi connectivity index (χ1) is 16.7. The lowest BCUT2D eigenvalue weighted by molar-refractivity contribution is -0.119. The van der Waals surface area contributed by atoms with E-state index in [-0.39, 0.29) is 24.1 Å². The summed E-state index contributed by atoms with van der Waals surface area (Å²) in [6.07, 6.45) is 0. The van der Waals surface area contributed by atoms with Crippen molar-refractivity contribution in [3.05, 3.63) is 95.8 Å². The fourth-order valence-corrected chi connectivity index (χ4v) is 5.32. The SMILES string of the molecule is Cl.O=C(C(c1ccccc1)c1ccccc1)N(CCN1CCOCC1)c1nc2c(F)cccc2s1. The van der Waals surface area contributed by atoms with Gasteiger partial charge in [-0.15, -0.1) is 12.4 Å². The minimum absolute atomic E-state index is 0. The van der Waals surface area contributed by atoms with Crippen molar-refractivity contribution in [3.8, 4) is 0 Å². The Morgan fingerprint density at radius 2 is 1.60 bits per heavy atom. The number of nitrogens with zero attached hydrogens (tertiary/aromatic N) is 3. The van der Waals surface area contributed by atoms with Crippen LogP contribution in [0.15, 0.2) is 78.9 Å². The van der Waals surface area contributed by atoms with E-state index in [4.69, 9.17) is 4.74 Å². The lowest BCUT2D eigenvalue weighted by atomic mass is 9.90. The van der Waals surface area contributed by atoms with Gasteiger partial charge in [0.05, 0.1) is 23.8 Å². The molecule has 4 aromatic rings. The van der Waals surface area contributed by atoms with Gasteiger partial charge < -0.3 is 4.74 Å². The first kappa shape index (κ1) is 25.3. The third-order valence-electron chi connectivity index (χ3n) is 6.11. The van der Waals surface area contributed by atoms with E-state index < -0.39 is 5.92 Å². The molecule has 0 atom stereocenters. The molecule has 3 aromatic carbocycles. The van der Waals surface area contributed by atoms with Crippen molar-refractivity contribution in [2.24, 2.45) is 0 Å².